The van der Waals surface area contributed by atoms with Crippen molar-refractivity contribution in [3.05, 3.63) is 0 Å². The molecule has 1 saturated heterocycles. The highest BCUT2D eigenvalue weighted by Crippen LogP contribution is 2.30. The molecule has 0 aromatic heterocycles. The lowest BCUT2D eigenvalue weighted by Gasteiger charge is -2.34. The van der Waals surface area contributed by atoms with Crippen molar-refractivity contribution in [1.82, 2.24) is 10.2 Å². The minimum atomic E-state index is 0.432. The van der Waals surface area contributed by atoms with Gasteiger partial charge in [0.1, 0.15) is 0 Å². The summed E-state index contributed by atoms with van der Waals surface area (Å²) in [6.07, 6.45) is 1.28. The summed E-state index contributed by atoms with van der Waals surface area (Å²) in [6, 6.07) is 1.21. The molecule has 0 amide bonds. The van der Waals surface area contributed by atoms with Gasteiger partial charge in [-0.3, -0.25) is 4.90 Å². The number of hydrogen-bond acceptors (Lipinski definition) is 3. The molecule has 15 heavy (non-hydrogen) atoms. The van der Waals surface area contributed by atoms with Crippen molar-refractivity contribution in [3.63, 3.8) is 0 Å². The van der Waals surface area contributed by atoms with E-state index in [0.29, 0.717) is 17.5 Å². The second-order valence-corrected chi connectivity index (χ2v) is 5.62. The van der Waals surface area contributed by atoms with Crippen molar-refractivity contribution in [2.75, 3.05) is 26.2 Å². The molecule has 3 N–H and O–H groups in total. The summed E-state index contributed by atoms with van der Waals surface area (Å²) >= 11 is 0. The lowest BCUT2D eigenvalue weighted by molar-refractivity contribution is 0.168. The molecule has 0 aromatic carbocycles. The highest BCUT2D eigenvalue weighted by molar-refractivity contribution is 4.93. The number of hydrogen-bond donors (Lipinski definition) is 2. The molecule has 1 unspecified atom stereocenters. The van der Waals surface area contributed by atoms with Crippen molar-refractivity contribution >= 4 is 0 Å². The number of rotatable bonds is 5. The van der Waals surface area contributed by atoms with Crippen LogP contribution in [0.4, 0.5) is 0 Å². The van der Waals surface area contributed by atoms with Crippen molar-refractivity contribution in [2.24, 2.45) is 11.1 Å². The fraction of sp³-hybridized carbons (Fsp3) is 1.00. The van der Waals surface area contributed by atoms with Crippen LogP contribution in [0.2, 0.25) is 0 Å². The Kier molecular flexibility index (Phi) is 4.56. The van der Waals surface area contributed by atoms with E-state index in [1.165, 1.54) is 6.42 Å². The van der Waals surface area contributed by atoms with Gasteiger partial charge in [0, 0.05) is 31.7 Å². The Morgan fingerprint density at radius 1 is 1.47 bits per heavy atom. The van der Waals surface area contributed by atoms with Crippen molar-refractivity contribution in [1.29, 1.82) is 0 Å². The predicted molar refractivity (Wildman–Crippen MR) is 66.0 cm³/mol. The van der Waals surface area contributed by atoms with Gasteiger partial charge < -0.3 is 11.1 Å². The normalized spacial score (nSPS) is 25.4. The van der Waals surface area contributed by atoms with E-state index in [2.05, 4.69) is 37.9 Å². The Labute approximate surface area is 94.4 Å². The average molecular weight is 213 g/mol. The number of nitrogens with zero attached hydrogens (tertiary/aromatic N) is 1. The SMILES string of the molecule is CC(C)N(CCN)CC1NCCC1(C)C. The Hall–Kier alpha value is -0.120. The molecule has 1 heterocycles. The quantitative estimate of drug-likeness (QED) is 0.717. The van der Waals surface area contributed by atoms with Crippen LogP contribution >= 0.6 is 0 Å². The predicted octanol–water partition coefficient (Wildman–Crippen LogP) is 1.04. The first-order valence-electron chi connectivity index (χ1n) is 6.15. The van der Waals surface area contributed by atoms with Gasteiger partial charge in [0.05, 0.1) is 0 Å². The molecule has 1 atom stereocenters. The fourth-order valence-corrected chi connectivity index (χ4v) is 2.29. The third-order valence-corrected chi connectivity index (χ3v) is 3.67. The third kappa shape index (κ3) is 3.44. The molecule has 1 aliphatic heterocycles. The van der Waals surface area contributed by atoms with E-state index >= 15 is 0 Å². The van der Waals surface area contributed by atoms with Crippen LogP contribution in [0.3, 0.4) is 0 Å². The van der Waals surface area contributed by atoms with Crippen LogP contribution in [0.5, 0.6) is 0 Å². The standard InChI is InChI=1S/C12H27N3/c1-10(2)15(8-6-13)9-11-12(3,4)5-7-14-11/h10-11,14H,5-9,13H2,1-4H3. The van der Waals surface area contributed by atoms with Crippen molar-refractivity contribution in [2.45, 2.75) is 46.2 Å². The summed E-state index contributed by atoms with van der Waals surface area (Å²) in [7, 11) is 0. The summed E-state index contributed by atoms with van der Waals surface area (Å²) in [5.41, 5.74) is 6.08. The van der Waals surface area contributed by atoms with Crippen molar-refractivity contribution < 1.29 is 0 Å². The molecule has 90 valence electrons. The molecule has 3 nitrogen and oxygen atoms in total. The van der Waals surface area contributed by atoms with Gasteiger partial charge in [0.2, 0.25) is 0 Å². The van der Waals surface area contributed by atoms with Gasteiger partial charge in [-0.2, -0.15) is 0 Å². The molecular weight excluding hydrogens is 186 g/mol. The molecule has 0 radical (unpaired) electrons. The fourth-order valence-electron chi connectivity index (χ4n) is 2.29. The molecule has 1 rings (SSSR count). The van der Waals surface area contributed by atoms with Gasteiger partial charge in [-0.1, -0.05) is 13.8 Å². The van der Waals surface area contributed by atoms with Crippen LogP contribution in [0.25, 0.3) is 0 Å². The van der Waals surface area contributed by atoms with E-state index in [1.54, 1.807) is 0 Å². The number of nitrogens with two attached hydrogens (primary N) is 1. The van der Waals surface area contributed by atoms with Gasteiger partial charge in [-0.15, -0.1) is 0 Å². The van der Waals surface area contributed by atoms with E-state index in [1.807, 2.05) is 0 Å². The van der Waals surface area contributed by atoms with Gasteiger partial charge in [0.25, 0.3) is 0 Å². The largest absolute Gasteiger partial charge is 0.329 e. The molecule has 0 spiro atoms. The first kappa shape index (κ1) is 12.9. The lowest BCUT2D eigenvalue weighted by atomic mass is 9.84. The van der Waals surface area contributed by atoms with Gasteiger partial charge >= 0.3 is 0 Å². The van der Waals surface area contributed by atoms with E-state index < -0.39 is 0 Å². The van der Waals surface area contributed by atoms with Crippen molar-refractivity contribution in [3.8, 4) is 0 Å². The third-order valence-electron chi connectivity index (χ3n) is 3.67. The van der Waals surface area contributed by atoms with E-state index in [9.17, 15) is 0 Å². The molecule has 0 aliphatic carbocycles. The number of nitrogens with one attached hydrogen (secondary N) is 1. The summed E-state index contributed by atoms with van der Waals surface area (Å²) < 4.78 is 0. The maximum absolute atomic E-state index is 5.65. The Balaban J connectivity index is 2.50. The summed E-state index contributed by atoms with van der Waals surface area (Å²) in [4.78, 5) is 2.48. The Morgan fingerprint density at radius 3 is 2.53 bits per heavy atom. The summed E-state index contributed by atoms with van der Waals surface area (Å²) in [5.74, 6) is 0. The van der Waals surface area contributed by atoms with Crippen LogP contribution in [-0.2, 0) is 0 Å². The smallest absolute Gasteiger partial charge is 0.0246 e. The first-order chi connectivity index (χ1) is 6.97. The van der Waals surface area contributed by atoms with Crippen LogP contribution < -0.4 is 11.1 Å². The first-order valence-corrected chi connectivity index (χ1v) is 6.15. The second kappa shape index (κ2) is 5.28. The maximum Gasteiger partial charge on any atom is 0.0246 e. The van der Waals surface area contributed by atoms with Gasteiger partial charge in [0.15, 0.2) is 0 Å². The molecule has 0 aromatic rings. The van der Waals surface area contributed by atoms with Gasteiger partial charge in [-0.25, -0.2) is 0 Å². The zero-order valence-corrected chi connectivity index (χ0v) is 10.7. The Morgan fingerprint density at radius 2 is 2.13 bits per heavy atom. The average Bonchev–Trinajstić information content (AvgIpc) is 2.45. The lowest BCUT2D eigenvalue weighted by Crippen LogP contribution is -2.47. The van der Waals surface area contributed by atoms with E-state index in [4.69, 9.17) is 5.73 Å². The van der Waals surface area contributed by atoms with Crippen LogP contribution in [0, 0.1) is 5.41 Å². The summed E-state index contributed by atoms with van der Waals surface area (Å²) in [5, 5.41) is 3.61. The molecule has 1 fully saturated rings. The minimum absolute atomic E-state index is 0.432. The second-order valence-electron chi connectivity index (χ2n) is 5.62. The summed E-state index contributed by atoms with van der Waals surface area (Å²) in [6.45, 7) is 13.3. The van der Waals surface area contributed by atoms with Crippen LogP contribution in [0.1, 0.15) is 34.1 Å². The maximum atomic E-state index is 5.65. The molecule has 1 aliphatic rings. The Bertz CT molecular complexity index is 189. The minimum Gasteiger partial charge on any atom is -0.329 e. The highest BCUT2D eigenvalue weighted by Gasteiger charge is 2.35. The molecule has 0 saturated carbocycles. The highest BCUT2D eigenvalue weighted by atomic mass is 15.2. The zero-order valence-electron chi connectivity index (χ0n) is 10.7. The van der Waals surface area contributed by atoms with Crippen LogP contribution in [0.15, 0.2) is 0 Å². The van der Waals surface area contributed by atoms with E-state index in [0.717, 1.165) is 26.2 Å². The molecular formula is C12H27N3. The topological polar surface area (TPSA) is 41.3 Å². The monoisotopic (exact) mass is 213 g/mol. The molecule has 3 heteroatoms. The zero-order chi connectivity index (χ0) is 11.5. The van der Waals surface area contributed by atoms with E-state index in [-0.39, 0.29) is 0 Å². The van der Waals surface area contributed by atoms with Gasteiger partial charge in [-0.05, 0) is 32.2 Å². The molecule has 0 bridgehead atoms. The van der Waals surface area contributed by atoms with Crippen LogP contribution in [-0.4, -0.2) is 43.2 Å².